The van der Waals surface area contributed by atoms with E-state index in [0.717, 1.165) is 11.3 Å². The lowest BCUT2D eigenvalue weighted by Crippen LogP contribution is -2.35. The third-order valence-electron chi connectivity index (χ3n) is 5.15. The first kappa shape index (κ1) is 19.4. The number of rotatable bonds is 4. The molecule has 0 fully saturated rings. The van der Waals surface area contributed by atoms with E-state index in [1.807, 2.05) is 55.5 Å². The van der Waals surface area contributed by atoms with Gasteiger partial charge in [0.2, 0.25) is 5.88 Å². The lowest BCUT2D eigenvalue weighted by Gasteiger charge is -2.29. The van der Waals surface area contributed by atoms with Gasteiger partial charge in [0.15, 0.2) is 0 Å². The van der Waals surface area contributed by atoms with Gasteiger partial charge in [-0.15, -0.1) is 0 Å². The van der Waals surface area contributed by atoms with E-state index in [2.05, 4.69) is 4.98 Å². The van der Waals surface area contributed by atoms with E-state index in [0.29, 0.717) is 23.6 Å². The van der Waals surface area contributed by atoms with Gasteiger partial charge in [-0.05, 0) is 24.6 Å². The van der Waals surface area contributed by atoms with Gasteiger partial charge in [-0.3, -0.25) is 9.78 Å². The molecule has 0 saturated carbocycles. The highest BCUT2D eigenvalue weighted by Gasteiger charge is 2.38. The number of benzene rings is 1. The van der Waals surface area contributed by atoms with Crippen molar-refractivity contribution in [3.8, 4) is 5.75 Å². The predicted molar refractivity (Wildman–Crippen MR) is 111 cm³/mol. The Labute approximate surface area is 173 Å². The molecule has 4 rings (SSSR count). The number of hydrogen-bond donors (Lipinski definition) is 1. The first-order valence-corrected chi connectivity index (χ1v) is 9.46. The van der Waals surface area contributed by atoms with E-state index < -0.39 is 11.9 Å². The van der Waals surface area contributed by atoms with E-state index in [4.69, 9.17) is 15.2 Å². The molecule has 1 aliphatic heterocycles. The fraction of sp³-hybridized carbons (Fsp3) is 0.174. The van der Waals surface area contributed by atoms with Crippen LogP contribution in [0.1, 0.15) is 28.4 Å². The van der Waals surface area contributed by atoms with Crippen molar-refractivity contribution in [2.75, 3.05) is 7.11 Å². The number of pyridine rings is 2. The van der Waals surface area contributed by atoms with Crippen LogP contribution >= 0.6 is 0 Å². The second-order valence-electron chi connectivity index (χ2n) is 6.99. The Bertz CT molecular complexity index is 1180. The van der Waals surface area contributed by atoms with Crippen LogP contribution in [0, 0.1) is 6.92 Å². The van der Waals surface area contributed by atoms with Crippen molar-refractivity contribution in [1.29, 1.82) is 0 Å². The van der Waals surface area contributed by atoms with Crippen LogP contribution in [0.4, 0.5) is 0 Å². The van der Waals surface area contributed by atoms with Gasteiger partial charge >= 0.3 is 5.97 Å². The Morgan fingerprint density at radius 2 is 1.93 bits per heavy atom. The molecule has 0 aliphatic carbocycles. The lowest BCUT2D eigenvalue weighted by molar-refractivity contribution is -0.136. The summed E-state index contributed by atoms with van der Waals surface area (Å²) in [5.74, 6) is -1.06. The minimum atomic E-state index is -0.703. The van der Waals surface area contributed by atoms with Crippen molar-refractivity contribution in [1.82, 2.24) is 9.55 Å². The van der Waals surface area contributed by atoms with Crippen molar-refractivity contribution < 1.29 is 14.3 Å². The monoisotopic (exact) mass is 403 g/mol. The third-order valence-corrected chi connectivity index (χ3v) is 5.15. The number of methoxy groups -OCH3 is 1. The number of aryl methyl sites for hydroxylation is 1. The molecule has 0 bridgehead atoms. The number of carbonyl (C=O) groups excluding carboxylic acids is 1. The third kappa shape index (κ3) is 3.34. The maximum atomic E-state index is 13.6. The van der Waals surface area contributed by atoms with E-state index >= 15 is 0 Å². The van der Waals surface area contributed by atoms with E-state index in [1.165, 1.54) is 7.11 Å². The Morgan fingerprint density at radius 1 is 1.20 bits per heavy atom. The molecule has 0 radical (unpaired) electrons. The van der Waals surface area contributed by atoms with Gasteiger partial charge in [-0.1, -0.05) is 36.4 Å². The highest BCUT2D eigenvalue weighted by molar-refractivity contribution is 5.92. The maximum absolute atomic E-state index is 13.6. The summed E-state index contributed by atoms with van der Waals surface area (Å²) < 4.78 is 12.3. The normalized spacial score (nSPS) is 15.3. The molecule has 0 unspecified atom stereocenters. The van der Waals surface area contributed by atoms with Gasteiger partial charge in [0, 0.05) is 18.0 Å². The number of carbonyl (C=O) groups is 1. The average Bonchev–Trinajstić information content (AvgIpc) is 2.76. The minimum absolute atomic E-state index is 0.0653. The van der Waals surface area contributed by atoms with Crippen LogP contribution in [0.25, 0.3) is 0 Å². The van der Waals surface area contributed by atoms with Crippen molar-refractivity contribution in [2.45, 2.75) is 19.4 Å². The highest BCUT2D eigenvalue weighted by Crippen LogP contribution is 2.41. The summed E-state index contributed by atoms with van der Waals surface area (Å²) in [5, 5.41) is 0. The van der Waals surface area contributed by atoms with Crippen LogP contribution in [0.2, 0.25) is 0 Å². The molecule has 1 atom stereocenters. The van der Waals surface area contributed by atoms with Gasteiger partial charge in [0.25, 0.3) is 5.56 Å². The van der Waals surface area contributed by atoms with Crippen LogP contribution in [0.5, 0.6) is 5.75 Å². The Morgan fingerprint density at radius 3 is 2.60 bits per heavy atom. The maximum Gasteiger partial charge on any atom is 0.340 e. The molecule has 7 nitrogen and oxygen atoms in total. The first-order chi connectivity index (χ1) is 14.5. The summed E-state index contributed by atoms with van der Waals surface area (Å²) in [4.78, 5) is 30.5. The van der Waals surface area contributed by atoms with Crippen molar-refractivity contribution in [3.63, 3.8) is 0 Å². The standard InChI is InChI=1S/C23H21N3O4/c1-14-12-17-19(22(27)26(14)13-16-10-6-7-11-25-16)18(15-8-4-3-5-9-15)20(21(24)30-17)23(28)29-2/h3-12,18H,13,24H2,1-2H3/t18-/m0/s1. The van der Waals surface area contributed by atoms with E-state index in [9.17, 15) is 9.59 Å². The summed E-state index contributed by atoms with van der Waals surface area (Å²) in [6.07, 6.45) is 1.68. The zero-order valence-electron chi connectivity index (χ0n) is 16.7. The molecular weight excluding hydrogens is 382 g/mol. The van der Waals surface area contributed by atoms with Crippen molar-refractivity contribution in [2.24, 2.45) is 5.73 Å². The summed E-state index contributed by atoms with van der Waals surface area (Å²) in [6, 6.07) is 16.5. The van der Waals surface area contributed by atoms with Crippen LogP contribution in [0.15, 0.2) is 77.0 Å². The molecule has 3 aromatic rings. The molecule has 2 aromatic heterocycles. The average molecular weight is 403 g/mol. The second-order valence-corrected chi connectivity index (χ2v) is 6.99. The number of nitrogens with zero attached hydrogens (tertiary/aromatic N) is 2. The zero-order chi connectivity index (χ0) is 21.3. The summed E-state index contributed by atoms with van der Waals surface area (Å²) >= 11 is 0. The first-order valence-electron chi connectivity index (χ1n) is 9.46. The van der Waals surface area contributed by atoms with Gasteiger partial charge in [0.05, 0.1) is 30.8 Å². The smallest absolute Gasteiger partial charge is 0.340 e. The Hall–Kier alpha value is -3.87. The number of aromatic nitrogens is 2. The van der Waals surface area contributed by atoms with Gasteiger partial charge in [-0.2, -0.15) is 0 Å². The number of esters is 1. The molecule has 1 aromatic carbocycles. The molecule has 7 heteroatoms. The van der Waals surface area contributed by atoms with Crippen molar-refractivity contribution >= 4 is 5.97 Å². The number of nitrogens with two attached hydrogens (primary N) is 1. The number of hydrogen-bond acceptors (Lipinski definition) is 6. The largest absolute Gasteiger partial charge is 0.465 e. The summed E-state index contributed by atoms with van der Waals surface area (Å²) in [7, 11) is 1.27. The lowest BCUT2D eigenvalue weighted by atomic mass is 9.83. The minimum Gasteiger partial charge on any atom is -0.465 e. The fourth-order valence-corrected chi connectivity index (χ4v) is 3.72. The Balaban J connectivity index is 1.94. The SMILES string of the molecule is COC(=O)C1=C(N)Oc2cc(C)n(Cc3ccccn3)c(=O)c2[C@@H]1c1ccccc1. The van der Waals surface area contributed by atoms with Crippen LogP contribution in [-0.4, -0.2) is 22.6 Å². The van der Waals surface area contributed by atoms with Gasteiger partial charge in [-0.25, -0.2) is 4.79 Å². The summed E-state index contributed by atoms with van der Waals surface area (Å²) in [5.41, 5.74) is 8.48. The molecule has 0 spiro atoms. The van der Waals surface area contributed by atoms with Gasteiger partial charge < -0.3 is 19.8 Å². The van der Waals surface area contributed by atoms with Crippen molar-refractivity contribution in [3.05, 3.63) is 105 Å². The van der Waals surface area contributed by atoms with Crippen LogP contribution < -0.4 is 16.0 Å². The topological polar surface area (TPSA) is 96.4 Å². The zero-order valence-corrected chi connectivity index (χ0v) is 16.7. The molecule has 3 heterocycles. The number of ether oxygens (including phenoxy) is 2. The van der Waals surface area contributed by atoms with E-state index in [1.54, 1.807) is 16.8 Å². The van der Waals surface area contributed by atoms with E-state index in [-0.39, 0.29) is 17.0 Å². The van der Waals surface area contributed by atoms with Gasteiger partial charge in [0.1, 0.15) is 11.3 Å². The molecule has 30 heavy (non-hydrogen) atoms. The predicted octanol–water partition coefficient (Wildman–Crippen LogP) is 2.47. The fourth-order valence-electron chi connectivity index (χ4n) is 3.72. The number of fused-ring (bicyclic) bond motifs is 1. The second kappa shape index (κ2) is 7.87. The highest BCUT2D eigenvalue weighted by atomic mass is 16.5. The molecular formula is C23H21N3O4. The Kier molecular flexibility index (Phi) is 5.10. The molecule has 0 saturated heterocycles. The molecule has 152 valence electrons. The summed E-state index contributed by atoms with van der Waals surface area (Å²) in [6.45, 7) is 2.12. The molecule has 0 amide bonds. The van der Waals surface area contributed by atoms with Crippen LogP contribution in [0.3, 0.4) is 0 Å². The van der Waals surface area contributed by atoms with Crippen LogP contribution in [-0.2, 0) is 16.1 Å². The molecule has 1 aliphatic rings. The quantitative estimate of drug-likeness (QED) is 0.673. The molecule has 2 N–H and O–H groups in total.